The third-order valence-electron chi connectivity index (χ3n) is 3.02. The number of nitrogens with zero attached hydrogens (tertiary/aromatic N) is 3. The predicted octanol–water partition coefficient (Wildman–Crippen LogP) is 2.63. The monoisotopic (exact) mass is 264 g/mol. The Morgan fingerprint density at radius 1 is 1.50 bits per heavy atom. The summed E-state index contributed by atoms with van der Waals surface area (Å²) in [6.07, 6.45) is 3.64. The molecule has 0 bridgehead atoms. The van der Waals surface area contributed by atoms with Crippen molar-refractivity contribution in [3.63, 3.8) is 0 Å². The second-order valence-electron chi connectivity index (χ2n) is 4.36. The Kier molecular flexibility index (Phi) is 3.99. The van der Waals surface area contributed by atoms with Crippen LogP contribution in [0.1, 0.15) is 29.9 Å². The molecule has 0 amide bonds. The zero-order chi connectivity index (χ0) is 13.1. The molecule has 1 atom stereocenters. The van der Waals surface area contributed by atoms with Crippen LogP contribution >= 0.6 is 11.6 Å². The molecule has 0 aliphatic rings. The van der Waals surface area contributed by atoms with E-state index in [4.69, 9.17) is 11.6 Å². The molecule has 0 aliphatic carbocycles. The molecule has 2 rings (SSSR count). The van der Waals surface area contributed by atoms with Gasteiger partial charge in [0.05, 0.1) is 16.4 Å². The number of nitrogens with one attached hydrogen (secondary N) is 1. The fraction of sp³-hybridized carbons (Fsp3) is 0.385. The Hall–Kier alpha value is -1.39. The van der Waals surface area contributed by atoms with E-state index in [1.807, 2.05) is 30.9 Å². The SMILES string of the molecule is Cc1nn(C)c(CNC(C)c2cccnc2)c1Cl. The highest BCUT2D eigenvalue weighted by Crippen LogP contribution is 2.20. The van der Waals surface area contributed by atoms with Gasteiger partial charge >= 0.3 is 0 Å². The van der Waals surface area contributed by atoms with Gasteiger partial charge in [0, 0.05) is 32.0 Å². The van der Waals surface area contributed by atoms with Gasteiger partial charge in [-0.1, -0.05) is 17.7 Å². The van der Waals surface area contributed by atoms with E-state index in [0.29, 0.717) is 6.54 Å². The molecular formula is C13H17ClN4. The molecule has 0 saturated heterocycles. The van der Waals surface area contributed by atoms with E-state index in [-0.39, 0.29) is 6.04 Å². The molecule has 0 radical (unpaired) electrons. The predicted molar refractivity (Wildman–Crippen MR) is 72.4 cm³/mol. The molecule has 2 aromatic rings. The lowest BCUT2D eigenvalue weighted by Crippen LogP contribution is -2.20. The smallest absolute Gasteiger partial charge is 0.0860 e. The molecule has 96 valence electrons. The molecule has 0 aliphatic heterocycles. The van der Waals surface area contributed by atoms with Gasteiger partial charge in [-0.2, -0.15) is 5.10 Å². The van der Waals surface area contributed by atoms with Gasteiger partial charge in [-0.25, -0.2) is 0 Å². The minimum Gasteiger partial charge on any atom is -0.304 e. The number of rotatable bonds is 4. The lowest BCUT2D eigenvalue weighted by Gasteiger charge is -2.14. The van der Waals surface area contributed by atoms with Crippen molar-refractivity contribution in [3.05, 3.63) is 46.5 Å². The first-order chi connectivity index (χ1) is 8.59. The molecule has 0 spiro atoms. The molecule has 5 heteroatoms. The highest BCUT2D eigenvalue weighted by atomic mass is 35.5. The van der Waals surface area contributed by atoms with Crippen LogP contribution in [0.3, 0.4) is 0 Å². The maximum atomic E-state index is 6.21. The first kappa shape index (κ1) is 13.1. The maximum absolute atomic E-state index is 6.21. The van der Waals surface area contributed by atoms with E-state index < -0.39 is 0 Å². The van der Waals surface area contributed by atoms with E-state index in [1.54, 1.807) is 6.20 Å². The zero-order valence-corrected chi connectivity index (χ0v) is 11.6. The van der Waals surface area contributed by atoms with Crippen LogP contribution in [0.2, 0.25) is 5.02 Å². The van der Waals surface area contributed by atoms with Crippen LogP contribution in [0.15, 0.2) is 24.5 Å². The first-order valence-corrected chi connectivity index (χ1v) is 6.28. The van der Waals surface area contributed by atoms with E-state index in [0.717, 1.165) is 22.0 Å². The van der Waals surface area contributed by atoms with E-state index in [9.17, 15) is 0 Å². The molecule has 0 saturated carbocycles. The van der Waals surface area contributed by atoms with Crippen molar-refractivity contribution < 1.29 is 0 Å². The minimum absolute atomic E-state index is 0.227. The standard InChI is InChI=1S/C13H17ClN4/c1-9(11-5-4-6-15-7-11)16-8-12-13(14)10(2)17-18(12)3/h4-7,9,16H,8H2,1-3H3. The summed E-state index contributed by atoms with van der Waals surface area (Å²) >= 11 is 6.21. The highest BCUT2D eigenvalue weighted by Gasteiger charge is 2.12. The number of halogens is 1. The first-order valence-electron chi connectivity index (χ1n) is 5.91. The second-order valence-corrected chi connectivity index (χ2v) is 4.74. The van der Waals surface area contributed by atoms with Gasteiger partial charge in [0.1, 0.15) is 0 Å². The van der Waals surface area contributed by atoms with Crippen molar-refractivity contribution >= 4 is 11.6 Å². The molecule has 1 unspecified atom stereocenters. The Bertz CT molecular complexity index is 521. The highest BCUT2D eigenvalue weighted by molar-refractivity contribution is 6.31. The largest absolute Gasteiger partial charge is 0.304 e. The molecule has 2 heterocycles. The summed E-state index contributed by atoms with van der Waals surface area (Å²) < 4.78 is 1.82. The summed E-state index contributed by atoms with van der Waals surface area (Å²) in [5.74, 6) is 0. The van der Waals surface area contributed by atoms with Crippen LogP contribution < -0.4 is 5.32 Å². The molecule has 2 aromatic heterocycles. The summed E-state index contributed by atoms with van der Waals surface area (Å²) in [5.41, 5.74) is 3.03. The molecule has 0 fully saturated rings. The van der Waals surface area contributed by atoms with Crippen LogP contribution in [-0.2, 0) is 13.6 Å². The normalized spacial score (nSPS) is 12.7. The molecule has 4 nitrogen and oxygen atoms in total. The lowest BCUT2D eigenvalue weighted by atomic mass is 10.1. The topological polar surface area (TPSA) is 42.7 Å². The third kappa shape index (κ3) is 2.71. The van der Waals surface area contributed by atoms with Gasteiger partial charge in [0.15, 0.2) is 0 Å². The Morgan fingerprint density at radius 3 is 2.83 bits per heavy atom. The lowest BCUT2D eigenvalue weighted by molar-refractivity contribution is 0.547. The zero-order valence-electron chi connectivity index (χ0n) is 10.8. The fourth-order valence-corrected chi connectivity index (χ4v) is 2.10. The number of aromatic nitrogens is 3. The third-order valence-corrected chi connectivity index (χ3v) is 3.51. The van der Waals surface area contributed by atoms with Gasteiger partial charge in [-0.05, 0) is 25.5 Å². The van der Waals surface area contributed by atoms with Gasteiger partial charge in [0.2, 0.25) is 0 Å². The fourth-order valence-electron chi connectivity index (χ4n) is 1.87. The quantitative estimate of drug-likeness (QED) is 0.923. The van der Waals surface area contributed by atoms with Gasteiger partial charge < -0.3 is 5.32 Å². The summed E-state index contributed by atoms with van der Waals surface area (Å²) in [5, 5.41) is 8.46. The van der Waals surface area contributed by atoms with E-state index in [2.05, 4.69) is 28.4 Å². The second kappa shape index (κ2) is 5.50. The number of hydrogen-bond acceptors (Lipinski definition) is 3. The van der Waals surface area contributed by atoms with Crippen molar-refractivity contribution in [2.24, 2.45) is 7.05 Å². The van der Waals surface area contributed by atoms with Crippen LogP contribution in [0, 0.1) is 6.92 Å². The number of pyridine rings is 1. The minimum atomic E-state index is 0.227. The van der Waals surface area contributed by atoms with Crippen molar-refractivity contribution in [3.8, 4) is 0 Å². The van der Waals surface area contributed by atoms with Crippen LogP contribution in [0.25, 0.3) is 0 Å². The van der Waals surface area contributed by atoms with Crippen molar-refractivity contribution in [2.45, 2.75) is 26.4 Å². The van der Waals surface area contributed by atoms with Crippen LogP contribution in [0.4, 0.5) is 0 Å². The van der Waals surface area contributed by atoms with Gasteiger partial charge in [0.25, 0.3) is 0 Å². The number of hydrogen-bond donors (Lipinski definition) is 1. The van der Waals surface area contributed by atoms with E-state index in [1.165, 1.54) is 0 Å². The summed E-state index contributed by atoms with van der Waals surface area (Å²) in [4.78, 5) is 4.12. The summed E-state index contributed by atoms with van der Waals surface area (Å²) in [6, 6.07) is 4.22. The van der Waals surface area contributed by atoms with Crippen LogP contribution in [-0.4, -0.2) is 14.8 Å². The average Bonchev–Trinajstić information content (AvgIpc) is 2.62. The van der Waals surface area contributed by atoms with Gasteiger partial charge in [-0.3, -0.25) is 9.67 Å². The van der Waals surface area contributed by atoms with Crippen molar-refractivity contribution in [2.75, 3.05) is 0 Å². The Labute approximate surface area is 112 Å². The Morgan fingerprint density at radius 2 is 2.28 bits per heavy atom. The maximum Gasteiger partial charge on any atom is 0.0860 e. The summed E-state index contributed by atoms with van der Waals surface area (Å²) in [6.45, 7) is 4.71. The van der Waals surface area contributed by atoms with E-state index >= 15 is 0 Å². The Balaban J connectivity index is 2.04. The molecule has 1 N–H and O–H groups in total. The molecular weight excluding hydrogens is 248 g/mol. The van der Waals surface area contributed by atoms with Crippen molar-refractivity contribution in [1.82, 2.24) is 20.1 Å². The summed E-state index contributed by atoms with van der Waals surface area (Å²) in [7, 11) is 1.91. The number of aryl methyl sites for hydroxylation is 2. The molecule has 18 heavy (non-hydrogen) atoms. The molecule has 0 aromatic carbocycles. The van der Waals surface area contributed by atoms with Gasteiger partial charge in [-0.15, -0.1) is 0 Å². The van der Waals surface area contributed by atoms with Crippen LogP contribution in [0.5, 0.6) is 0 Å². The van der Waals surface area contributed by atoms with Crippen molar-refractivity contribution in [1.29, 1.82) is 0 Å². The average molecular weight is 265 g/mol.